The molecule has 0 unspecified atom stereocenters. The fourth-order valence-electron chi connectivity index (χ4n) is 1.47. The molecule has 1 aromatic carbocycles. The standard InChI is InChI=1S/C11H19N3O4S/c1-13-19(15,16)5-4-14-9-7-11(18-3)10(17-2)6-8(9)12/h6-7,13-14H,4-5,12H2,1-3H3. The molecule has 7 nitrogen and oxygen atoms in total. The largest absolute Gasteiger partial charge is 0.493 e. The van der Waals surface area contributed by atoms with Crippen LogP contribution in [-0.2, 0) is 10.0 Å². The molecular formula is C11H19N3O4S. The van der Waals surface area contributed by atoms with Gasteiger partial charge < -0.3 is 20.5 Å². The van der Waals surface area contributed by atoms with E-state index in [2.05, 4.69) is 10.0 Å². The van der Waals surface area contributed by atoms with Gasteiger partial charge in [-0.05, 0) is 7.05 Å². The van der Waals surface area contributed by atoms with Crippen molar-refractivity contribution in [2.45, 2.75) is 0 Å². The first-order chi connectivity index (χ1) is 8.93. The zero-order valence-electron chi connectivity index (χ0n) is 11.2. The van der Waals surface area contributed by atoms with E-state index in [1.807, 2.05) is 0 Å². The Bertz CT molecular complexity index is 531. The maximum atomic E-state index is 11.3. The number of nitrogen functional groups attached to an aromatic ring is 1. The molecular weight excluding hydrogens is 270 g/mol. The summed E-state index contributed by atoms with van der Waals surface area (Å²) in [6, 6.07) is 3.29. The van der Waals surface area contributed by atoms with Crippen LogP contribution in [0, 0.1) is 0 Å². The van der Waals surface area contributed by atoms with Crippen LogP contribution in [0.1, 0.15) is 0 Å². The second-order valence-corrected chi connectivity index (χ2v) is 5.79. The molecule has 4 N–H and O–H groups in total. The van der Waals surface area contributed by atoms with E-state index in [0.29, 0.717) is 22.9 Å². The Balaban J connectivity index is 2.79. The molecule has 108 valence electrons. The Morgan fingerprint density at radius 3 is 2.32 bits per heavy atom. The molecule has 0 aliphatic carbocycles. The third-order valence-electron chi connectivity index (χ3n) is 2.55. The van der Waals surface area contributed by atoms with Crippen molar-refractivity contribution in [3.63, 3.8) is 0 Å². The number of anilines is 2. The average molecular weight is 289 g/mol. The monoisotopic (exact) mass is 289 g/mol. The minimum Gasteiger partial charge on any atom is -0.493 e. The van der Waals surface area contributed by atoms with Crippen molar-refractivity contribution in [3.8, 4) is 11.5 Å². The van der Waals surface area contributed by atoms with Crippen molar-refractivity contribution in [3.05, 3.63) is 12.1 Å². The molecule has 19 heavy (non-hydrogen) atoms. The van der Waals surface area contributed by atoms with Crippen LogP contribution >= 0.6 is 0 Å². The highest BCUT2D eigenvalue weighted by Gasteiger charge is 2.10. The predicted octanol–water partition coefficient (Wildman–Crippen LogP) is 0.247. The summed E-state index contributed by atoms with van der Waals surface area (Å²) in [5.74, 6) is 1.00. The number of methoxy groups -OCH3 is 2. The molecule has 0 heterocycles. The van der Waals surface area contributed by atoms with Crippen LogP contribution < -0.4 is 25.2 Å². The van der Waals surface area contributed by atoms with Crippen LogP contribution in [0.2, 0.25) is 0 Å². The molecule has 0 bridgehead atoms. The number of sulfonamides is 1. The Hall–Kier alpha value is -1.67. The molecule has 0 radical (unpaired) electrons. The number of rotatable bonds is 7. The molecule has 0 fully saturated rings. The Morgan fingerprint density at radius 2 is 1.79 bits per heavy atom. The van der Waals surface area contributed by atoms with Crippen LogP contribution in [0.3, 0.4) is 0 Å². The Labute approximate surface area is 113 Å². The fraction of sp³-hybridized carbons (Fsp3) is 0.455. The van der Waals surface area contributed by atoms with Crippen molar-refractivity contribution < 1.29 is 17.9 Å². The fourth-order valence-corrected chi connectivity index (χ4v) is 2.04. The molecule has 1 rings (SSSR count). The number of hydrogen-bond acceptors (Lipinski definition) is 6. The van der Waals surface area contributed by atoms with Gasteiger partial charge in [-0.2, -0.15) is 0 Å². The average Bonchev–Trinajstić information content (AvgIpc) is 2.40. The van der Waals surface area contributed by atoms with Gasteiger partial charge in [0.2, 0.25) is 10.0 Å². The summed E-state index contributed by atoms with van der Waals surface area (Å²) in [5, 5.41) is 2.95. The lowest BCUT2D eigenvalue weighted by Crippen LogP contribution is -2.26. The third-order valence-corrected chi connectivity index (χ3v) is 3.92. The highest BCUT2D eigenvalue weighted by molar-refractivity contribution is 7.89. The molecule has 0 spiro atoms. The zero-order chi connectivity index (χ0) is 14.5. The van der Waals surface area contributed by atoms with Crippen molar-refractivity contribution in [2.75, 3.05) is 44.6 Å². The van der Waals surface area contributed by atoms with Crippen LogP contribution in [0.25, 0.3) is 0 Å². The number of hydrogen-bond donors (Lipinski definition) is 3. The molecule has 0 aromatic heterocycles. The molecule has 0 atom stereocenters. The Morgan fingerprint density at radius 1 is 1.21 bits per heavy atom. The number of nitrogens with two attached hydrogens (primary N) is 1. The summed E-state index contributed by atoms with van der Waals surface area (Å²) in [5.41, 5.74) is 6.90. The summed E-state index contributed by atoms with van der Waals surface area (Å²) in [4.78, 5) is 0. The third kappa shape index (κ3) is 4.18. The number of ether oxygens (including phenoxy) is 2. The zero-order valence-corrected chi connectivity index (χ0v) is 12.0. The van der Waals surface area contributed by atoms with Gasteiger partial charge in [0, 0.05) is 18.7 Å². The van der Waals surface area contributed by atoms with Crippen LogP contribution in [-0.4, -0.2) is 42.0 Å². The smallest absolute Gasteiger partial charge is 0.213 e. The van der Waals surface area contributed by atoms with Crippen LogP contribution in [0.5, 0.6) is 11.5 Å². The van der Waals surface area contributed by atoms with Crippen LogP contribution in [0.15, 0.2) is 12.1 Å². The van der Waals surface area contributed by atoms with E-state index >= 15 is 0 Å². The van der Waals surface area contributed by atoms with Gasteiger partial charge in [-0.1, -0.05) is 0 Å². The van der Waals surface area contributed by atoms with Gasteiger partial charge in [-0.25, -0.2) is 13.1 Å². The maximum Gasteiger partial charge on any atom is 0.213 e. The molecule has 0 aliphatic heterocycles. The summed E-state index contributed by atoms with van der Waals surface area (Å²) >= 11 is 0. The van der Waals surface area contributed by atoms with E-state index < -0.39 is 10.0 Å². The van der Waals surface area contributed by atoms with Crippen molar-refractivity contribution >= 4 is 21.4 Å². The predicted molar refractivity (Wildman–Crippen MR) is 75.3 cm³/mol. The molecule has 0 saturated carbocycles. The molecule has 0 amide bonds. The summed E-state index contributed by atoms with van der Waals surface area (Å²) < 4.78 is 35.0. The van der Waals surface area contributed by atoms with Gasteiger partial charge in [0.05, 0.1) is 31.3 Å². The van der Waals surface area contributed by atoms with Crippen LogP contribution in [0.4, 0.5) is 11.4 Å². The summed E-state index contributed by atoms with van der Waals surface area (Å²) in [6.45, 7) is 0.239. The molecule has 0 aliphatic rings. The first kappa shape index (κ1) is 15.4. The molecule has 1 aromatic rings. The molecule has 0 saturated heterocycles. The highest BCUT2D eigenvalue weighted by atomic mass is 32.2. The first-order valence-electron chi connectivity index (χ1n) is 5.60. The van der Waals surface area contributed by atoms with Gasteiger partial charge in [-0.15, -0.1) is 0 Å². The highest BCUT2D eigenvalue weighted by Crippen LogP contribution is 2.34. The number of benzene rings is 1. The van der Waals surface area contributed by atoms with Gasteiger partial charge in [0.1, 0.15) is 0 Å². The second-order valence-electron chi connectivity index (χ2n) is 3.74. The lowest BCUT2D eigenvalue weighted by atomic mass is 10.2. The first-order valence-corrected chi connectivity index (χ1v) is 7.25. The van der Waals surface area contributed by atoms with Gasteiger partial charge in [0.25, 0.3) is 0 Å². The summed E-state index contributed by atoms with van der Waals surface area (Å²) in [7, 11) is 1.17. The van der Waals surface area contributed by atoms with E-state index in [1.54, 1.807) is 12.1 Å². The minimum atomic E-state index is -3.24. The second kappa shape index (κ2) is 6.48. The van der Waals surface area contributed by atoms with E-state index in [4.69, 9.17) is 15.2 Å². The topological polar surface area (TPSA) is 103 Å². The van der Waals surface area contributed by atoms with Crippen molar-refractivity contribution in [1.29, 1.82) is 0 Å². The van der Waals surface area contributed by atoms with Gasteiger partial charge in [0.15, 0.2) is 11.5 Å². The number of nitrogens with one attached hydrogen (secondary N) is 2. The molecule has 8 heteroatoms. The van der Waals surface area contributed by atoms with Crippen molar-refractivity contribution in [1.82, 2.24) is 4.72 Å². The van der Waals surface area contributed by atoms with E-state index in [-0.39, 0.29) is 12.3 Å². The van der Waals surface area contributed by atoms with E-state index in [1.165, 1.54) is 21.3 Å². The SMILES string of the molecule is CNS(=O)(=O)CCNc1cc(OC)c(OC)cc1N. The van der Waals surface area contributed by atoms with Crippen molar-refractivity contribution in [2.24, 2.45) is 0 Å². The Kier molecular flexibility index (Phi) is 5.25. The summed E-state index contributed by atoms with van der Waals surface area (Å²) in [6.07, 6.45) is 0. The van der Waals surface area contributed by atoms with E-state index in [0.717, 1.165) is 0 Å². The van der Waals surface area contributed by atoms with Gasteiger partial charge >= 0.3 is 0 Å². The van der Waals surface area contributed by atoms with Gasteiger partial charge in [-0.3, -0.25) is 0 Å². The maximum absolute atomic E-state index is 11.3. The lowest BCUT2D eigenvalue weighted by Gasteiger charge is -2.14. The normalized spacial score (nSPS) is 11.1. The quantitative estimate of drug-likeness (QED) is 0.622. The minimum absolute atomic E-state index is 0.0444. The lowest BCUT2D eigenvalue weighted by molar-refractivity contribution is 0.355. The van der Waals surface area contributed by atoms with E-state index in [9.17, 15) is 8.42 Å².